The van der Waals surface area contributed by atoms with Gasteiger partial charge in [0.05, 0.1) is 39.9 Å². The molecule has 1 aromatic carbocycles. The summed E-state index contributed by atoms with van der Waals surface area (Å²) < 4.78 is 38.9. The van der Waals surface area contributed by atoms with Crippen LogP contribution in [0.15, 0.2) is 55.0 Å². The molecule has 3 aromatic heterocycles. The Morgan fingerprint density at radius 3 is 2.49 bits per heavy atom. The Kier molecular flexibility index (Phi) is 6.58. The molecule has 11 heteroatoms. The molecular formula is C24H20ClF3N6O. The summed E-state index contributed by atoms with van der Waals surface area (Å²) in [6, 6.07) is 8.14. The first-order valence-electron chi connectivity index (χ1n) is 10.5. The number of aromatic nitrogens is 4. The van der Waals surface area contributed by atoms with Gasteiger partial charge in [0.25, 0.3) is 5.91 Å². The summed E-state index contributed by atoms with van der Waals surface area (Å²) in [7, 11) is 0. The molecule has 0 radical (unpaired) electrons. The second kappa shape index (κ2) is 9.46. The van der Waals surface area contributed by atoms with Crippen LogP contribution in [0.5, 0.6) is 0 Å². The molecule has 0 saturated carbocycles. The highest BCUT2D eigenvalue weighted by Gasteiger charge is 2.31. The summed E-state index contributed by atoms with van der Waals surface area (Å²) in [6.45, 7) is 3.43. The van der Waals surface area contributed by atoms with Crippen molar-refractivity contribution < 1.29 is 18.0 Å². The second-order valence-corrected chi connectivity index (χ2v) is 8.37. The van der Waals surface area contributed by atoms with Crippen molar-refractivity contribution in [3.05, 3.63) is 88.2 Å². The number of pyridine rings is 2. The minimum absolute atomic E-state index is 0.0935. The van der Waals surface area contributed by atoms with Crippen LogP contribution in [0, 0.1) is 6.92 Å². The van der Waals surface area contributed by atoms with Crippen molar-refractivity contribution in [2.24, 2.45) is 0 Å². The van der Waals surface area contributed by atoms with Gasteiger partial charge in [-0.05, 0) is 55.8 Å². The first-order chi connectivity index (χ1) is 16.5. The van der Waals surface area contributed by atoms with Crippen LogP contribution in [0.3, 0.4) is 0 Å². The van der Waals surface area contributed by atoms with Crippen molar-refractivity contribution in [3.8, 4) is 0 Å². The third kappa shape index (κ3) is 5.17. The van der Waals surface area contributed by atoms with Crippen LogP contribution in [0.4, 0.5) is 19.0 Å². The number of amides is 1. The van der Waals surface area contributed by atoms with Crippen LogP contribution in [0.2, 0.25) is 5.02 Å². The molecule has 0 bridgehead atoms. The molecule has 0 fully saturated rings. The van der Waals surface area contributed by atoms with Crippen LogP contribution in [-0.4, -0.2) is 30.7 Å². The lowest BCUT2D eigenvalue weighted by Crippen LogP contribution is -2.34. The normalized spacial score (nSPS) is 12.5. The molecule has 0 aliphatic carbocycles. The number of benzene rings is 1. The standard InChI is InChI=1S/C24H20ClF3N6O/c1-13-8-15-9-18(19(25)10-20(15)33-21(13)29)23(35)34(14(2)22-30-6-3-7-31-22)12-17-5-4-16(11-32-17)24(26,27)28/h3-11,14H,12H2,1-2H3,(H2,29,33)/t14-/m1/s1. The monoisotopic (exact) mass is 500 g/mol. The lowest BCUT2D eigenvalue weighted by Gasteiger charge is -2.28. The van der Waals surface area contributed by atoms with Crippen LogP contribution in [0.1, 0.15) is 46.0 Å². The Bertz CT molecular complexity index is 1380. The first-order valence-corrected chi connectivity index (χ1v) is 10.9. The van der Waals surface area contributed by atoms with E-state index in [9.17, 15) is 18.0 Å². The van der Waals surface area contributed by atoms with E-state index in [0.717, 1.165) is 17.8 Å². The number of nitrogens with zero attached hydrogens (tertiary/aromatic N) is 5. The average Bonchev–Trinajstić information content (AvgIpc) is 2.83. The first kappa shape index (κ1) is 24.3. The largest absolute Gasteiger partial charge is 0.417 e. The third-order valence-electron chi connectivity index (χ3n) is 5.54. The van der Waals surface area contributed by atoms with E-state index in [4.69, 9.17) is 17.3 Å². The van der Waals surface area contributed by atoms with Crippen LogP contribution in [0.25, 0.3) is 10.9 Å². The number of rotatable bonds is 5. The number of carbonyl (C=O) groups is 1. The minimum Gasteiger partial charge on any atom is -0.383 e. The van der Waals surface area contributed by atoms with Gasteiger partial charge in [-0.25, -0.2) is 15.0 Å². The molecule has 0 aliphatic rings. The summed E-state index contributed by atoms with van der Waals surface area (Å²) in [5.41, 5.74) is 6.75. The summed E-state index contributed by atoms with van der Waals surface area (Å²) in [5.74, 6) is 0.250. The molecule has 0 saturated heterocycles. The molecule has 1 atom stereocenters. The number of nitrogen functional groups attached to an aromatic ring is 1. The maximum absolute atomic E-state index is 13.7. The molecule has 2 N–H and O–H groups in total. The fourth-order valence-electron chi connectivity index (χ4n) is 3.55. The van der Waals surface area contributed by atoms with Gasteiger partial charge < -0.3 is 10.6 Å². The summed E-state index contributed by atoms with van der Waals surface area (Å²) in [6.07, 6.45) is -0.691. The molecular weight excluding hydrogens is 481 g/mol. The lowest BCUT2D eigenvalue weighted by atomic mass is 10.1. The predicted molar refractivity (Wildman–Crippen MR) is 125 cm³/mol. The van der Waals surface area contributed by atoms with E-state index in [1.165, 1.54) is 11.0 Å². The number of nitrogens with two attached hydrogens (primary N) is 1. The van der Waals surface area contributed by atoms with Gasteiger partial charge in [-0.3, -0.25) is 9.78 Å². The molecule has 0 spiro atoms. The maximum Gasteiger partial charge on any atom is 0.417 e. The van der Waals surface area contributed by atoms with Crippen LogP contribution >= 0.6 is 11.6 Å². The Morgan fingerprint density at radius 2 is 1.86 bits per heavy atom. The van der Waals surface area contributed by atoms with Crippen molar-refractivity contribution in [1.29, 1.82) is 0 Å². The van der Waals surface area contributed by atoms with Gasteiger partial charge in [-0.15, -0.1) is 0 Å². The fraction of sp³-hybridized carbons (Fsp3) is 0.208. The number of hydrogen-bond acceptors (Lipinski definition) is 6. The number of alkyl halides is 3. The molecule has 4 aromatic rings. The zero-order chi connectivity index (χ0) is 25.3. The Morgan fingerprint density at radius 1 is 1.14 bits per heavy atom. The Balaban J connectivity index is 1.75. The molecule has 3 heterocycles. The highest BCUT2D eigenvalue weighted by atomic mass is 35.5. The van der Waals surface area contributed by atoms with E-state index in [1.807, 2.05) is 0 Å². The Hall–Kier alpha value is -3.79. The van der Waals surface area contributed by atoms with E-state index < -0.39 is 23.7 Å². The van der Waals surface area contributed by atoms with Gasteiger partial charge in [0.15, 0.2) is 0 Å². The molecule has 7 nitrogen and oxygen atoms in total. The van der Waals surface area contributed by atoms with Gasteiger partial charge in [-0.1, -0.05) is 11.6 Å². The van der Waals surface area contributed by atoms with E-state index in [1.54, 1.807) is 50.5 Å². The van der Waals surface area contributed by atoms with Gasteiger partial charge in [0, 0.05) is 24.0 Å². The molecule has 0 aliphatic heterocycles. The van der Waals surface area contributed by atoms with E-state index in [0.29, 0.717) is 22.5 Å². The molecule has 4 rings (SSSR count). The second-order valence-electron chi connectivity index (χ2n) is 7.97. The van der Waals surface area contributed by atoms with Crippen molar-refractivity contribution in [3.63, 3.8) is 0 Å². The smallest absolute Gasteiger partial charge is 0.383 e. The number of halogens is 4. The number of hydrogen-bond donors (Lipinski definition) is 1. The van der Waals surface area contributed by atoms with E-state index in [-0.39, 0.29) is 22.8 Å². The highest BCUT2D eigenvalue weighted by molar-refractivity contribution is 6.34. The molecule has 0 unspecified atom stereocenters. The van der Waals surface area contributed by atoms with E-state index in [2.05, 4.69) is 19.9 Å². The number of aryl methyl sites for hydroxylation is 1. The van der Waals surface area contributed by atoms with Gasteiger partial charge in [-0.2, -0.15) is 13.2 Å². The van der Waals surface area contributed by atoms with Crippen molar-refractivity contribution >= 4 is 34.2 Å². The zero-order valence-electron chi connectivity index (χ0n) is 18.7. The number of fused-ring (bicyclic) bond motifs is 1. The summed E-state index contributed by atoms with van der Waals surface area (Å²) in [5, 5.41) is 0.825. The van der Waals surface area contributed by atoms with Crippen LogP contribution in [-0.2, 0) is 12.7 Å². The SMILES string of the molecule is Cc1cc2cc(C(=O)N(Cc3ccc(C(F)(F)F)cn3)[C@H](C)c3ncccn3)c(Cl)cc2nc1N. The number of anilines is 1. The topological polar surface area (TPSA) is 97.9 Å². The maximum atomic E-state index is 13.7. The van der Waals surface area contributed by atoms with Crippen molar-refractivity contribution in [1.82, 2.24) is 24.8 Å². The van der Waals surface area contributed by atoms with E-state index >= 15 is 0 Å². The average molecular weight is 501 g/mol. The lowest BCUT2D eigenvalue weighted by molar-refractivity contribution is -0.137. The minimum atomic E-state index is -4.51. The molecule has 35 heavy (non-hydrogen) atoms. The van der Waals surface area contributed by atoms with Crippen molar-refractivity contribution in [2.45, 2.75) is 32.6 Å². The van der Waals surface area contributed by atoms with Gasteiger partial charge >= 0.3 is 6.18 Å². The quantitative estimate of drug-likeness (QED) is 0.395. The molecule has 180 valence electrons. The van der Waals surface area contributed by atoms with Gasteiger partial charge in [0.2, 0.25) is 0 Å². The van der Waals surface area contributed by atoms with Crippen LogP contribution < -0.4 is 5.73 Å². The highest BCUT2D eigenvalue weighted by Crippen LogP contribution is 2.31. The van der Waals surface area contributed by atoms with Crippen molar-refractivity contribution in [2.75, 3.05) is 5.73 Å². The van der Waals surface area contributed by atoms with Gasteiger partial charge in [0.1, 0.15) is 11.6 Å². The number of carbonyl (C=O) groups excluding carboxylic acids is 1. The summed E-state index contributed by atoms with van der Waals surface area (Å²) in [4.78, 5) is 31.8. The Labute approximate surface area is 203 Å². The fourth-order valence-corrected chi connectivity index (χ4v) is 3.79. The zero-order valence-corrected chi connectivity index (χ0v) is 19.5. The molecule has 1 amide bonds. The third-order valence-corrected chi connectivity index (χ3v) is 5.85. The summed E-state index contributed by atoms with van der Waals surface area (Å²) >= 11 is 6.46. The predicted octanol–water partition coefficient (Wildman–Crippen LogP) is 5.39.